The molecule has 4 rings (SSSR count). The van der Waals surface area contributed by atoms with Gasteiger partial charge in [-0.3, -0.25) is 4.79 Å². The fraction of sp³-hybridized carbons (Fsp3) is 0.300. The Bertz CT molecular complexity index is 1140. The number of nitrogens with one attached hydrogen (secondary N) is 1. The lowest BCUT2D eigenvalue weighted by atomic mass is 9.85. The molecule has 146 valence electrons. The minimum atomic E-state index is -0.924. The molecule has 1 N–H and O–H groups in total. The molecular formula is C20H18ClF2N3O2. The van der Waals surface area contributed by atoms with Crippen LogP contribution >= 0.6 is 11.6 Å². The largest absolute Gasteiger partial charge is 0.379 e. The molecule has 0 radical (unpaired) electrons. The molecule has 8 heteroatoms. The number of hydrogen-bond donors (Lipinski definition) is 1. The summed E-state index contributed by atoms with van der Waals surface area (Å²) in [5, 5.41) is 3.80. The Morgan fingerprint density at radius 2 is 2.07 bits per heavy atom. The number of hydrogen-bond acceptors (Lipinski definition) is 4. The molecule has 0 unspecified atom stereocenters. The van der Waals surface area contributed by atoms with Crippen LogP contribution in [0, 0.1) is 18.6 Å². The number of aryl methyl sites for hydroxylation is 1. The summed E-state index contributed by atoms with van der Waals surface area (Å²) in [4.78, 5) is 16.4. The van der Waals surface area contributed by atoms with E-state index in [9.17, 15) is 13.6 Å². The van der Waals surface area contributed by atoms with Crippen molar-refractivity contribution in [1.82, 2.24) is 9.55 Å². The Balaban J connectivity index is 1.88. The van der Waals surface area contributed by atoms with E-state index in [1.807, 2.05) is 0 Å². The number of anilines is 1. The Morgan fingerprint density at radius 3 is 2.79 bits per heavy atom. The predicted octanol–water partition coefficient (Wildman–Crippen LogP) is 3.90. The summed E-state index contributed by atoms with van der Waals surface area (Å²) in [6.45, 7) is 2.34. The highest BCUT2D eigenvalue weighted by molar-refractivity contribution is 6.31. The van der Waals surface area contributed by atoms with E-state index in [0.29, 0.717) is 34.9 Å². The Hall–Kier alpha value is -2.51. The number of fused-ring (bicyclic) bond motifs is 1. The maximum absolute atomic E-state index is 14.8. The summed E-state index contributed by atoms with van der Waals surface area (Å²) in [5.74, 6) is -1.05. The molecule has 2 aromatic carbocycles. The summed E-state index contributed by atoms with van der Waals surface area (Å²) < 4.78 is 36.2. The molecule has 0 bridgehead atoms. The Morgan fingerprint density at radius 1 is 1.29 bits per heavy atom. The molecule has 28 heavy (non-hydrogen) atoms. The first-order valence-electron chi connectivity index (χ1n) is 8.78. The van der Waals surface area contributed by atoms with Crippen molar-refractivity contribution in [2.45, 2.75) is 18.9 Å². The van der Waals surface area contributed by atoms with Gasteiger partial charge in [0.1, 0.15) is 11.3 Å². The maximum atomic E-state index is 14.8. The highest BCUT2D eigenvalue weighted by atomic mass is 35.5. The van der Waals surface area contributed by atoms with E-state index in [2.05, 4.69) is 10.3 Å². The summed E-state index contributed by atoms with van der Waals surface area (Å²) in [5.41, 5.74) is 0.0342. The third-order valence-electron chi connectivity index (χ3n) is 5.21. The molecule has 1 aliphatic rings. The van der Waals surface area contributed by atoms with Gasteiger partial charge in [0.15, 0.2) is 5.82 Å². The van der Waals surface area contributed by atoms with Crippen molar-refractivity contribution in [1.29, 1.82) is 0 Å². The average molecular weight is 406 g/mol. The van der Waals surface area contributed by atoms with Gasteiger partial charge in [-0.2, -0.15) is 0 Å². The van der Waals surface area contributed by atoms with Crippen molar-refractivity contribution in [3.63, 3.8) is 0 Å². The number of aromatic nitrogens is 2. The SMILES string of the molecule is Cc1c(Cl)ccc(F)c1[C@]1(Nc2cc(F)c3ncn(C)c(=O)c3c2)CCOC1. The zero-order valence-corrected chi connectivity index (χ0v) is 16.1. The first-order chi connectivity index (χ1) is 13.3. The number of nitrogens with zero attached hydrogens (tertiary/aromatic N) is 2. The van der Waals surface area contributed by atoms with Gasteiger partial charge in [0.2, 0.25) is 0 Å². The smallest absolute Gasteiger partial charge is 0.261 e. The fourth-order valence-electron chi connectivity index (χ4n) is 3.79. The number of benzene rings is 2. The van der Waals surface area contributed by atoms with Crippen LogP contribution in [0.15, 0.2) is 35.4 Å². The van der Waals surface area contributed by atoms with Crippen molar-refractivity contribution in [2.24, 2.45) is 7.05 Å². The van der Waals surface area contributed by atoms with Crippen LogP contribution in [0.3, 0.4) is 0 Å². The Labute approximate surface area is 164 Å². The minimum absolute atomic E-state index is 0.00418. The van der Waals surface area contributed by atoms with Crippen LogP contribution in [0.5, 0.6) is 0 Å². The summed E-state index contributed by atoms with van der Waals surface area (Å²) >= 11 is 6.22. The van der Waals surface area contributed by atoms with Crippen molar-refractivity contribution in [2.75, 3.05) is 18.5 Å². The summed E-state index contributed by atoms with van der Waals surface area (Å²) in [7, 11) is 1.55. The van der Waals surface area contributed by atoms with Gasteiger partial charge < -0.3 is 14.6 Å². The fourth-order valence-corrected chi connectivity index (χ4v) is 3.95. The van der Waals surface area contributed by atoms with Gasteiger partial charge in [0, 0.05) is 36.3 Å². The minimum Gasteiger partial charge on any atom is -0.379 e. The molecule has 2 heterocycles. The molecule has 0 spiro atoms. The van der Waals surface area contributed by atoms with E-state index in [1.54, 1.807) is 14.0 Å². The molecule has 0 aliphatic carbocycles. The lowest BCUT2D eigenvalue weighted by Crippen LogP contribution is -2.38. The van der Waals surface area contributed by atoms with E-state index >= 15 is 0 Å². The van der Waals surface area contributed by atoms with E-state index in [4.69, 9.17) is 16.3 Å². The topological polar surface area (TPSA) is 56.2 Å². The zero-order chi connectivity index (χ0) is 20.1. The molecule has 3 aromatic rings. The van der Waals surface area contributed by atoms with Crippen LogP contribution in [-0.2, 0) is 17.3 Å². The van der Waals surface area contributed by atoms with Crippen molar-refractivity contribution in [3.05, 3.63) is 68.7 Å². The van der Waals surface area contributed by atoms with Gasteiger partial charge >= 0.3 is 0 Å². The molecule has 1 aromatic heterocycles. The second kappa shape index (κ2) is 6.83. The van der Waals surface area contributed by atoms with Crippen LogP contribution in [0.4, 0.5) is 14.5 Å². The molecule has 1 atom stereocenters. The highest BCUT2D eigenvalue weighted by Gasteiger charge is 2.40. The summed E-state index contributed by atoms with van der Waals surface area (Å²) in [6.07, 6.45) is 1.74. The molecule has 0 amide bonds. The predicted molar refractivity (Wildman–Crippen MR) is 104 cm³/mol. The van der Waals surface area contributed by atoms with E-state index in [-0.39, 0.29) is 23.1 Å². The van der Waals surface area contributed by atoms with E-state index in [0.717, 1.165) is 0 Å². The zero-order valence-electron chi connectivity index (χ0n) is 15.4. The first kappa shape index (κ1) is 18.8. The number of rotatable bonds is 3. The highest BCUT2D eigenvalue weighted by Crippen LogP contribution is 2.40. The molecule has 1 saturated heterocycles. The third kappa shape index (κ3) is 2.95. The molecule has 5 nitrogen and oxygen atoms in total. The average Bonchev–Trinajstić information content (AvgIpc) is 3.11. The standard InChI is InChI=1S/C20H18ClF2N3O2/c1-11-14(21)3-4-15(22)17(11)20(5-6-28-9-20)25-12-7-13-18(16(23)8-12)24-10-26(2)19(13)27/h3-4,7-8,10,25H,5-6,9H2,1-2H3/t20-/m0/s1. The van der Waals surface area contributed by atoms with Crippen LogP contribution in [-0.4, -0.2) is 22.8 Å². The van der Waals surface area contributed by atoms with Gasteiger partial charge in [0.05, 0.1) is 23.9 Å². The van der Waals surface area contributed by atoms with Gasteiger partial charge in [-0.1, -0.05) is 11.6 Å². The molecular weight excluding hydrogens is 388 g/mol. The molecule has 0 saturated carbocycles. The van der Waals surface area contributed by atoms with Crippen molar-refractivity contribution in [3.8, 4) is 0 Å². The van der Waals surface area contributed by atoms with Crippen LogP contribution in [0.2, 0.25) is 5.02 Å². The number of ether oxygens (including phenoxy) is 1. The lowest BCUT2D eigenvalue weighted by Gasteiger charge is -2.32. The maximum Gasteiger partial charge on any atom is 0.261 e. The molecule has 1 fully saturated rings. The van der Waals surface area contributed by atoms with Gasteiger partial charge in [-0.15, -0.1) is 0 Å². The first-order valence-corrected chi connectivity index (χ1v) is 9.16. The second-order valence-corrected chi connectivity index (χ2v) is 7.46. The van der Waals surface area contributed by atoms with Crippen LogP contribution < -0.4 is 10.9 Å². The number of halogens is 3. The van der Waals surface area contributed by atoms with Crippen LogP contribution in [0.25, 0.3) is 10.9 Å². The second-order valence-electron chi connectivity index (χ2n) is 7.05. The van der Waals surface area contributed by atoms with Crippen LogP contribution in [0.1, 0.15) is 17.5 Å². The van der Waals surface area contributed by atoms with Gasteiger partial charge in [-0.25, -0.2) is 13.8 Å². The van der Waals surface area contributed by atoms with E-state index in [1.165, 1.54) is 35.2 Å². The molecule has 1 aliphatic heterocycles. The lowest BCUT2D eigenvalue weighted by molar-refractivity contribution is 0.181. The van der Waals surface area contributed by atoms with E-state index < -0.39 is 17.2 Å². The van der Waals surface area contributed by atoms with Gasteiger partial charge in [0.25, 0.3) is 5.56 Å². The monoisotopic (exact) mass is 405 g/mol. The third-order valence-corrected chi connectivity index (χ3v) is 5.62. The normalized spacial score (nSPS) is 19.3. The quantitative estimate of drug-likeness (QED) is 0.718. The van der Waals surface area contributed by atoms with Crippen molar-refractivity contribution < 1.29 is 13.5 Å². The Kier molecular flexibility index (Phi) is 4.59. The van der Waals surface area contributed by atoms with Crippen molar-refractivity contribution >= 4 is 28.2 Å². The van der Waals surface area contributed by atoms with Gasteiger partial charge in [-0.05, 0) is 36.8 Å². The summed E-state index contributed by atoms with van der Waals surface area (Å²) in [6, 6.07) is 5.61.